The van der Waals surface area contributed by atoms with Gasteiger partial charge >= 0.3 is 23.9 Å². The van der Waals surface area contributed by atoms with Gasteiger partial charge in [-0.15, -0.1) is 22.7 Å². The van der Waals surface area contributed by atoms with Gasteiger partial charge < -0.3 is 29.6 Å². The number of amides is 2. The molecule has 0 aliphatic rings. The van der Waals surface area contributed by atoms with E-state index in [0.29, 0.717) is 24.0 Å². The van der Waals surface area contributed by atoms with Gasteiger partial charge in [0.25, 0.3) is 0 Å². The summed E-state index contributed by atoms with van der Waals surface area (Å²) in [5, 5.41) is 6.00. The van der Waals surface area contributed by atoms with E-state index in [9.17, 15) is 28.8 Å². The van der Waals surface area contributed by atoms with Gasteiger partial charge in [-0.05, 0) is 65.5 Å². The number of carbonyl (C=O) groups is 6. The highest BCUT2D eigenvalue weighted by Crippen LogP contribution is 2.35. The number of esters is 4. The zero-order valence-corrected chi connectivity index (χ0v) is 28.3. The summed E-state index contributed by atoms with van der Waals surface area (Å²) in [7, 11) is 0. The quantitative estimate of drug-likeness (QED) is 0.103. The Morgan fingerprint density at radius 3 is 1.16 bits per heavy atom. The smallest absolute Gasteiger partial charge is 0.348 e. The maximum atomic E-state index is 12.6. The lowest BCUT2D eigenvalue weighted by molar-refractivity contribution is -0.117. The molecule has 0 atom stereocenters. The molecule has 0 unspecified atom stereocenters. The summed E-state index contributed by atoms with van der Waals surface area (Å²) in [5.74, 6) is -2.94. The van der Waals surface area contributed by atoms with E-state index in [1.165, 1.54) is 0 Å². The summed E-state index contributed by atoms with van der Waals surface area (Å²) in [6.45, 7) is 10.6. The first-order chi connectivity index (χ1) is 21.5. The molecule has 0 radical (unpaired) electrons. The Bertz CT molecular complexity index is 1280. The minimum Gasteiger partial charge on any atom is -0.462 e. The van der Waals surface area contributed by atoms with Gasteiger partial charge in [0.15, 0.2) is 0 Å². The SMILES string of the molecule is CCOC(=O)c1sc(NC(=O)CCCCCCCC(=O)Nc2sc(C(=O)OCC)c(C)c2C(=O)OCC)c(C(=O)OCC)c1C. The van der Waals surface area contributed by atoms with Crippen LogP contribution in [0.3, 0.4) is 0 Å². The van der Waals surface area contributed by atoms with Gasteiger partial charge in [0.05, 0.1) is 37.6 Å². The molecule has 2 rings (SSSR count). The Morgan fingerprint density at radius 2 is 0.822 bits per heavy atom. The Hall–Kier alpha value is -3.78. The van der Waals surface area contributed by atoms with Gasteiger partial charge in [0.2, 0.25) is 11.8 Å². The van der Waals surface area contributed by atoms with Crippen molar-refractivity contribution in [3.63, 3.8) is 0 Å². The molecule has 0 fully saturated rings. The topological polar surface area (TPSA) is 163 Å². The normalized spacial score (nSPS) is 10.6. The Balaban J connectivity index is 1.85. The molecule has 0 saturated heterocycles. The molecule has 0 spiro atoms. The first-order valence-electron chi connectivity index (χ1n) is 15.0. The number of carbonyl (C=O) groups excluding carboxylic acids is 6. The van der Waals surface area contributed by atoms with Crippen LogP contribution < -0.4 is 10.6 Å². The molecule has 2 aromatic rings. The van der Waals surface area contributed by atoms with Crippen LogP contribution in [0.1, 0.15) is 124 Å². The molecule has 12 nitrogen and oxygen atoms in total. The summed E-state index contributed by atoms with van der Waals surface area (Å²) in [4.78, 5) is 75.5. The Morgan fingerprint density at radius 1 is 0.511 bits per heavy atom. The first-order valence-corrected chi connectivity index (χ1v) is 16.7. The zero-order chi connectivity index (χ0) is 33.5. The predicted molar refractivity (Wildman–Crippen MR) is 172 cm³/mol. The number of unbranched alkanes of at least 4 members (excludes halogenated alkanes) is 4. The minimum absolute atomic E-state index is 0.149. The molecular weight excluding hydrogens is 624 g/mol. The molecule has 2 heterocycles. The summed E-state index contributed by atoms with van der Waals surface area (Å²) in [6.07, 6.45) is 3.90. The van der Waals surface area contributed by atoms with Crippen molar-refractivity contribution in [1.29, 1.82) is 0 Å². The van der Waals surface area contributed by atoms with Crippen LogP contribution in [0.5, 0.6) is 0 Å². The van der Waals surface area contributed by atoms with Crippen molar-refractivity contribution in [3.05, 3.63) is 32.0 Å². The van der Waals surface area contributed by atoms with E-state index in [2.05, 4.69) is 10.6 Å². The highest BCUT2D eigenvalue weighted by Gasteiger charge is 2.28. The fourth-order valence-corrected chi connectivity index (χ4v) is 6.57. The maximum Gasteiger partial charge on any atom is 0.348 e. The maximum absolute atomic E-state index is 12.6. The number of hydrogen-bond donors (Lipinski definition) is 2. The Kier molecular flexibility index (Phi) is 15.7. The molecule has 2 N–H and O–H groups in total. The highest BCUT2D eigenvalue weighted by molar-refractivity contribution is 7.19. The van der Waals surface area contributed by atoms with Crippen LogP contribution >= 0.6 is 22.7 Å². The van der Waals surface area contributed by atoms with Crippen molar-refractivity contribution in [1.82, 2.24) is 0 Å². The Labute approximate surface area is 271 Å². The van der Waals surface area contributed by atoms with Gasteiger partial charge in [0, 0.05) is 12.8 Å². The second-order valence-electron chi connectivity index (χ2n) is 9.77. The van der Waals surface area contributed by atoms with Gasteiger partial charge in [-0.3, -0.25) is 9.59 Å². The molecule has 0 aliphatic heterocycles. The van der Waals surface area contributed by atoms with E-state index < -0.39 is 23.9 Å². The monoisotopic (exact) mass is 666 g/mol. The molecule has 248 valence electrons. The van der Waals surface area contributed by atoms with E-state index in [-0.39, 0.29) is 82.0 Å². The van der Waals surface area contributed by atoms with Crippen molar-refractivity contribution < 1.29 is 47.7 Å². The molecule has 0 aliphatic carbocycles. The van der Waals surface area contributed by atoms with E-state index in [1.807, 2.05) is 0 Å². The van der Waals surface area contributed by atoms with Gasteiger partial charge in [-0.25, -0.2) is 19.2 Å². The molecular formula is C31H42N2O10S2. The minimum atomic E-state index is -0.619. The van der Waals surface area contributed by atoms with Crippen molar-refractivity contribution in [2.24, 2.45) is 0 Å². The standard InChI is InChI=1S/C31H42N2O10S2/c1-7-40-28(36)22-18(5)24(30(38)42-9-3)44-26(22)32-20(34)16-14-12-11-13-15-17-21(35)33-27-23(29(37)41-8-2)19(6)25(45-27)31(39)43-10-4/h7-17H2,1-6H3,(H,32,34)(H,33,35). The van der Waals surface area contributed by atoms with E-state index in [4.69, 9.17) is 18.9 Å². The number of nitrogens with one attached hydrogen (secondary N) is 2. The van der Waals surface area contributed by atoms with E-state index in [1.54, 1.807) is 41.5 Å². The highest BCUT2D eigenvalue weighted by atomic mass is 32.1. The number of hydrogen-bond acceptors (Lipinski definition) is 12. The lowest BCUT2D eigenvalue weighted by Crippen LogP contribution is -2.14. The van der Waals surface area contributed by atoms with Crippen molar-refractivity contribution in [2.45, 2.75) is 86.5 Å². The van der Waals surface area contributed by atoms with Gasteiger partial charge in [-0.2, -0.15) is 0 Å². The molecule has 2 amide bonds. The summed E-state index contributed by atoms with van der Waals surface area (Å²) in [5.41, 5.74) is 1.12. The number of ether oxygens (including phenoxy) is 4. The molecule has 2 aromatic heterocycles. The van der Waals surface area contributed by atoms with Crippen molar-refractivity contribution >= 4 is 68.4 Å². The van der Waals surface area contributed by atoms with Crippen LogP contribution in [0.15, 0.2) is 0 Å². The second-order valence-corrected chi connectivity index (χ2v) is 11.8. The van der Waals surface area contributed by atoms with Crippen LogP contribution in [0, 0.1) is 13.8 Å². The molecule has 0 aromatic carbocycles. The summed E-state index contributed by atoms with van der Waals surface area (Å²) >= 11 is 1.97. The van der Waals surface area contributed by atoms with Crippen LogP contribution in [0.25, 0.3) is 0 Å². The summed E-state index contributed by atoms with van der Waals surface area (Å²) < 4.78 is 20.4. The predicted octanol–water partition coefficient (Wildman–Crippen LogP) is 6.44. The molecule has 45 heavy (non-hydrogen) atoms. The lowest BCUT2D eigenvalue weighted by Gasteiger charge is -2.08. The number of rotatable bonds is 18. The van der Waals surface area contributed by atoms with Crippen LogP contribution in [-0.4, -0.2) is 62.1 Å². The summed E-state index contributed by atoms with van der Waals surface area (Å²) in [6, 6.07) is 0. The van der Waals surface area contributed by atoms with Crippen LogP contribution in [-0.2, 0) is 28.5 Å². The average molecular weight is 667 g/mol. The number of anilines is 2. The molecule has 0 saturated carbocycles. The van der Waals surface area contributed by atoms with Gasteiger partial charge in [0.1, 0.15) is 19.8 Å². The largest absolute Gasteiger partial charge is 0.462 e. The number of thiophene rings is 2. The lowest BCUT2D eigenvalue weighted by atomic mass is 10.1. The van der Waals surface area contributed by atoms with E-state index >= 15 is 0 Å². The first kappa shape index (κ1) is 37.4. The van der Waals surface area contributed by atoms with Crippen LogP contribution in [0.2, 0.25) is 0 Å². The van der Waals surface area contributed by atoms with Crippen LogP contribution in [0.4, 0.5) is 10.0 Å². The van der Waals surface area contributed by atoms with Crippen molar-refractivity contribution in [2.75, 3.05) is 37.1 Å². The third-order valence-electron chi connectivity index (χ3n) is 6.49. The van der Waals surface area contributed by atoms with E-state index in [0.717, 1.165) is 41.9 Å². The third kappa shape index (κ3) is 10.7. The zero-order valence-electron chi connectivity index (χ0n) is 26.7. The average Bonchev–Trinajstić information content (AvgIpc) is 3.48. The second kappa shape index (κ2) is 18.9. The van der Waals surface area contributed by atoms with Crippen molar-refractivity contribution in [3.8, 4) is 0 Å². The fraction of sp³-hybridized carbons (Fsp3) is 0.548. The third-order valence-corrected chi connectivity index (χ3v) is 8.86. The fourth-order valence-electron chi connectivity index (χ4n) is 4.36. The molecule has 14 heteroatoms. The van der Waals surface area contributed by atoms with Gasteiger partial charge in [-0.1, -0.05) is 19.3 Å². The molecule has 0 bridgehead atoms.